The van der Waals surface area contributed by atoms with Crippen LogP contribution in [0.1, 0.15) is 16.1 Å². The molecule has 4 N–H and O–H groups in total. The van der Waals surface area contributed by atoms with Crippen molar-refractivity contribution in [3.63, 3.8) is 0 Å². The molecule has 0 atom stereocenters. The zero-order valence-electron chi connectivity index (χ0n) is 17.5. The largest absolute Gasteiger partial charge is 0.504 e. The number of rotatable bonds is 6. The van der Waals surface area contributed by atoms with Crippen molar-refractivity contribution in [1.29, 1.82) is 0 Å². The number of hydrazone groups is 1. The molecular formula is C20H16N8O6. The molecule has 5 rings (SSSR count). The Morgan fingerprint density at radius 2 is 2.09 bits per heavy atom. The molecule has 14 nitrogen and oxygen atoms in total. The number of carbonyl (C=O) groups is 1. The fourth-order valence-corrected chi connectivity index (χ4v) is 3.22. The number of fused-ring (bicyclic) bond motifs is 1. The molecule has 2 aromatic heterocycles. The smallest absolute Gasteiger partial charge is 0.294 e. The van der Waals surface area contributed by atoms with E-state index in [2.05, 4.69) is 35.8 Å². The molecule has 1 aliphatic rings. The Balaban J connectivity index is 1.48. The number of amides is 1. The summed E-state index contributed by atoms with van der Waals surface area (Å²) in [6, 6.07) is 9.67. The highest BCUT2D eigenvalue weighted by molar-refractivity contribution is 5.99. The summed E-state index contributed by atoms with van der Waals surface area (Å²) in [6.07, 6.45) is 1.38. The number of nitrogens with two attached hydrogens (primary N) is 1. The molecule has 0 unspecified atom stereocenters. The maximum atomic E-state index is 13.0. The number of anilines is 1. The zero-order valence-corrected chi connectivity index (χ0v) is 17.5. The number of nitrogen functional groups attached to an aromatic ring is 1. The van der Waals surface area contributed by atoms with Crippen molar-refractivity contribution >= 4 is 17.9 Å². The maximum absolute atomic E-state index is 13.0. The van der Waals surface area contributed by atoms with Gasteiger partial charge in [-0.1, -0.05) is 5.21 Å². The number of aromatic nitrogens is 5. The highest BCUT2D eigenvalue weighted by atomic mass is 16.7. The first-order valence-electron chi connectivity index (χ1n) is 9.69. The van der Waals surface area contributed by atoms with E-state index in [0.717, 1.165) is 0 Å². The zero-order chi connectivity index (χ0) is 23.7. The van der Waals surface area contributed by atoms with E-state index in [1.165, 1.54) is 24.1 Å². The van der Waals surface area contributed by atoms with Crippen LogP contribution in [0.15, 0.2) is 46.1 Å². The van der Waals surface area contributed by atoms with Crippen molar-refractivity contribution in [3.8, 4) is 40.1 Å². The number of benzene rings is 2. The summed E-state index contributed by atoms with van der Waals surface area (Å²) in [5.41, 5.74) is 9.50. The Morgan fingerprint density at radius 3 is 2.88 bits per heavy atom. The van der Waals surface area contributed by atoms with Crippen LogP contribution in [0.2, 0.25) is 0 Å². The van der Waals surface area contributed by atoms with E-state index in [9.17, 15) is 9.90 Å². The molecule has 34 heavy (non-hydrogen) atoms. The average Bonchev–Trinajstić information content (AvgIpc) is 3.58. The number of hydrogen-bond acceptors (Lipinski definition) is 12. The minimum Gasteiger partial charge on any atom is -0.504 e. The van der Waals surface area contributed by atoms with Crippen LogP contribution >= 0.6 is 0 Å². The van der Waals surface area contributed by atoms with Crippen LogP contribution in [-0.2, 0) is 0 Å². The second-order valence-corrected chi connectivity index (χ2v) is 6.87. The first kappa shape index (κ1) is 20.7. The van der Waals surface area contributed by atoms with Gasteiger partial charge in [0.25, 0.3) is 5.91 Å². The Morgan fingerprint density at radius 1 is 1.24 bits per heavy atom. The molecule has 0 spiro atoms. The van der Waals surface area contributed by atoms with Crippen LogP contribution in [0.3, 0.4) is 0 Å². The highest BCUT2D eigenvalue weighted by Gasteiger charge is 2.26. The Hall–Kier alpha value is -5.14. The third kappa shape index (κ3) is 3.68. The second kappa shape index (κ2) is 8.42. The van der Waals surface area contributed by atoms with Gasteiger partial charge in [-0.2, -0.15) is 9.78 Å². The van der Waals surface area contributed by atoms with Crippen LogP contribution in [0.4, 0.5) is 5.82 Å². The SMILES string of the molecule is COc1cc(C=NNC(=O)c2nnn(-c3nonc3N)c2-c2ccc3c(c2)OCO3)ccc1O. The number of carbonyl (C=O) groups excluding carboxylic acids is 1. The monoisotopic (exact) mass is 464 g/mol. The van der Waals surface area contributed by atoms with Crippen LogP contribution < -0.4 is 25.4 Å². The van der Waals surface area contributed by atoms with Crippen LogP contribution in [0, 0.1) is 0 Å². The predicted molar refractivity (Wildman–Crippen MR) is 115 cm³/mol. The summed E-state index contributed by atoms with van der Waals surface area (Å²) < 4.78 is 21.7. The molecule has 172 valence electrons. The summed E-state index contributed by atoms with van der Waals surface area (Å²) >= 11 is 0. The van der Waals surface area contributed by atoms with E-state index < -0.39 is 5.91 Å². The van der Waals surface area contributed by atoms with Gasteiger partial charge < -0.3 is 25.1 Å². The fourth-order valence-electron chi connectivity index (χ4n) is 3.22. The summed E-state index contributed by atoms with van der Waals surface area (Å²) in [7, 11) is 1.43. The Kier molecular flexibility index (Phi) is 5.14. The van der Waals surface area contributed by atoms with Gasteiger partial charge in [-0.15, -0.1) is 5.10 Å². The minimum atomic E-state index is -0.657. The van der Waals surface area contributed by atoms with Gasteiger partial charge in [-0.05, 0) is 52.3 Å². The third-order valence-corrected chi connectivity index (χ3v) is 4.81. The molecule has 2 aromatic carbocycles. The average molecular weight is 464 g/mol. The normalized spacial score (nSPS) is 12.3. The molecule has 0 bridgehead atoms. The molecule has 4 aromatic rings. The number of nitrogens with one attached hydrogen (secondary N) is 1. The van der Waals surface area contributed by atoms with Gasteiger partial charge in [0.1, 0.15) is 5.69 Å². The first-order chi connectivity index (χ1) is 16.5. The number of hydrogen-bond donors (Lipinski definition) is 3. The molecule has 0 aliphatic carbocycles. The molecule has 0 radical (unpaired) electrons. The van der Waals surface area contributed by atoms with Gasteiger partial charge in [0.05, 0.1) is 13.3 Å². The minimum absolute atomic E-state index is 0.0183. The van der Waals surface area contributed by atoms with Crippen molar-refractivity contribution < 1.29 is 28.7 Å². The van der Waals surface area contributed by atoms with E-state index in [1.807, 2.05) is 0 Å². The van der Waals surface area contributed by atoms with E-state index in [4.69, 9.17) is 19.9 Å². The highest BCUT2D eigenvalue weighted by Crippen LogP contribution is 2.37. The number of phenolic OH excluding ortho intramolecular Hbond substituents is 1. The summed E-state index contributed by atoms with van der Waals surface area (Å²) in [5.74, 6) is 0.651. The van der Waals surface area contributed by atoms with Crippen molar-refractivity contribution in [3.05, 3.63) is 47.7 Å². The number of ether oxygens (including phenoxy) is 3. The number of phenols is 1. The van der Waals surface area contributed by atoms with Gasteiger partial charge in [0.2, 0.25) is 18.4 Å². The standard InChI is InChI=1S/C20H16N8O6/c1-31-14-6-10(2-4-12(14)29)8-22-24-20(30)16-17(11-3-5-13-15(7-11)33-9-32-13)28(27-23-16)19-18(21)25-34-26-19/h2-8,29H,9H2,1H3,(H2,21,25)(H,24,30). The van der Waals surface area contributed by atoms with E-state index in [1.54, 1.807) is 30.3 Å². The van der Waals surface area contributed by atoms with Gasteiger partial charge >= 0.3 is 0 Å². The number of nitrogens with zero attached hydrogens (tertiary/aromatic N) is 6. The van der Waals surface area contributed by atoms with Crippen molar-refractivity contribution in [1.82, 2.24) is 30.7 Å². The van der Waals surface area contributed by atoms with E-state index in [0.29, 0.717) is 22.6 Å². The second-order valence-electron chi connectivity index (χ2n) is 6.87. The molecule has 1 aliphatic heterocycles. The van der Waals surface area contributed by atoms with Crippen molar-refractivity contribution in [2.24, 2.45) is 5.10 Å². The molecule has 0 saturated carbocycles. The van der Waals surface area contributed by atoms with E-state index >= 15 is 0 Å². The van der Waals surface area contributed by atoms with Crippen molar-refractivity contribution in [2.75, 3.05) is 19.6 Å². The van der Waals surface area contributed by atoms with Gasteiger partial charge in [0.15, 0.2) is 28.7 Å². The third-order valence-electron chi connectivity index (χ3n) is 4.81. The van der Waals surface area contributed by atoms with Crippen molar-refractivity contribution in [2.45, 2.75) is 0 Å². The van der Waals surface area contributed by atoms with Crippen LogP contribution in [0.25, 0.3) is 17.1 Å². The molecule has 0 fully saturated rings. The Bertz CT molecular complexity index is 1410. The molecule has 1 amide bonds. The topological polar surface area (TPSA) is 185 Å². The molecule has 14 heteroatoms. The van der Waals surface area contributed by atoms with Gasteiger partial charge in [0, 0.05) is 5.56 Å². The summed E-state index contributed by atoms with van der Waals surface area (Å²) in [5, 5.41) is 28.9. The lowest BCUT2D eigenvalue weighted by Gasteiger charge is -2.07. The van der Waals surface area contributed by atoms with E-state index in [-0.39, 0.29) is 41.3 Å². The maximum Gasteiger partial charge on any atom is 0.294 e. The lowest BCUT2D eigenvalue weighted by Crippen LogP contribution is -2.19. The Labute approximate surface area is 190 Å². The summed E-state index contributed by atoms with van der Waals surface area (Å²) in [6.45, 7) is 0.0839. The van der Waals surface area contributed by atoms with Crippen LogP contribution in [0.5, 0.6) is 23.0 Å². The lowest BCUT2D eigenvalue weighted by molar-refractivity contribution is 0.0950. The number of methoxy groups -OCH3 is 1. The van der Waals surface area contributed by atoms with Gasteiger partial charge in [-0.25, -0.2) is 10.1 Å². The predicted octanol–water partition coefficient (Wildman–Crippen LogP) is 1.11. The molecule has 3 heterocycles. The first-order valence-corrected chi connectivity index (χ1v) is 9.69. The lowest BCUT2D eigenvalue weighted by atomic mass is 10.1. The molecular weight excluding hydrogens is 448 g/mol. The quantitative estimate of drug-likeness (QED) is 0.274. The summed E-state index contributed by atoms with van der Waals surface area (Å²) in [4.78, 5) is 13.0. The van der Waals surface area contributed by atoms with Gasteiger partial charge in [-0.3, -0.25) is 4.79 Å². The van der Waals surface area contributed by atoms with Crippen LogP contribution in [-0.4, -0.2) is 56.4 Å². The number of aromatic hydroxyl groups is 1. The fraction of sp³-hybridized carbons (Fsp3) is 0.100. The molecule has 0 saturated heterocycles.